The fraction of sp³-hybridized carbons (Fsp3) is 0.765. The predicted octanol–water partition coefficient (Wildman–Crippen LogP) is 5.41. The van der Waals surface area contributed by atoms with E-state index in [2.05, 4.69) is 16.1 Å². The number of halogens is 13. The number of allylic oxidation sites excluding steroid dienone is 1. The molecule has 1 aliphatic carbocycles. The lowest BCUT2D eigenvalue weighted by Gasteiger charge is -2.39. The minimum atomic E-state index is -8.01. The van der Waals surface area contributed by atoms with Crippen molar-refractivity contribution in [2.24, 2.45) is 11.3 Å². The molecule has 4 nitrogen and oxygen atoms in total. The molecule has 0 saturated heterocycles. The third-order valence-corrected chi connectivity index (χ3v) is 4.95. The molecule has 0 heterocycles. The lowest BCUT2D eigenvalue weighted by atomic mass is 9.93. The molecule has 1 fully saturated rings. The quantitative estimate of drug-likeness (QED) is 0.155. The molecule has 34 heavy (non-hydrogen) atoms. The molecular weight excluding hydrogens is 515 g/mol. The van der Waals surface area contributed by atoms with E-state index in [9.17, 15) is 66.7 Å². The summed E-state index contributed by atoms with van der Waals surface area (Å²) in [6.45, 7) is 2.35. The maximum atomic E-state index is 13.7. The first-order valence-corrected chi connectivity index (χ1v) is 8.95. The van der Waals surface area contributed by atoms with Gasteiger partial charge in [-0.25, -0.2) is 0 Å². The second kappa shape index (κ2) is 8.77. The van der Waals surface area contributed by atoms with Crippen LogP contribution in [-0.2, 0) is 19.1 Å². The van der Waals surface area contributed by atoms with Gasteiger partial charge in [0.2, 0.25) is 0 Å². The van der Waals surface area contributed by atoms with E-state index in [0.29, 0.717) is 0 Å². The summed E-state index contributed by atoms with van der Waals surface area (Å²) in [7, 11) is 0. The zero-order valence-electron chi connectivity index (χ0n) is 16.7. The van der Waals surface area contributed by atoms with Crippen molar-refractivity contribution in [3.63, 3.8) is 0 Å². The standard InChI is InChI=1S/C17H15F13O4/c1-3-8-7-11(8,9(31)33-4-2)10(32)34-6-5-12(18,19)13(20,21)14(22,23)15(24,25)16(26,27)17(28,29)30/h3,8H,1,4-7H2,2H3. The van der Waals surface area contributed by atoms with Crippen LogP contribution in [0.1, 0.15) is 19.8 Å². The summed E-state index contributed by atoms with van der Waals surface area (Å²) < 4.78 is 178. The van der Waals surface area contributed by atoms with E-state index in [-0.39, 0.29) is 13.0 Å². The Bertz CT molecular complexity index is 806. The zero-order chi connectivity index (χ0) is 27.2. The molecule has 0 bridgehead atoms. The fourth-order valence-corrected chi connectivity index (χ4v) is 2.74. The molecule has 0 radical (unpaired) electrons. The Hall–Kier alpha value is -2.23. The molecule has 1 aliphatic rings. The molecule has 0 spiro atoms. The Morgan fingerprint density at radius 1 is 0.824 bits per heavy atom. The van der Waals surface area contributed by atoms with E-state index in [1.165, 1.54) is 6.92 Å². The number of hydrogen-bond donors (Lipinski definition) is 0. The Kier molecular flexibility index (Phi) is 7.68. The highest BCUT2D eigenvalue weighted by atomic mass is 19.4. The van der Waals surface area contributed by atoms with E-state index in [0.717, 1.165) is 6.08 Å². The van der Waals surface area contributed by atoms with Crippen molar-refractivity contribution in [1.82, 2.24) is 0 Å². The zero-order valence-corrected chi connectivity index (χ0v) is 16.7. The lowest BCUT2D eigenvalue weighted by molar-refractivity contribution is -0.440. The molecule has 17 heteroatoms. The molecule has 198 valence electrons. The number of carbonyl (C=O) groups excluding carboxylic acids is 2. The highest BCUT2D eigenvalue weighted by molar-refractivity contribution is 6.04. The van der Waals surface area contributed by atoms with Gasteiger partial charge >= 0.3 is 47.7 Å². The van der Waals surface area contributed by atoms with Crippen molar-refractivity contribution in [3.05, 3.63) is 12.7 Å². The molecule has 1 rings (SSSR count). The van der Waals surface area contributed by atoms with E-state index >= 15 is 0 Å². The van der Waals surface area contributed by atoms with Crippen molar-refractivity contribution >= 4 is 11.9 Å². The Balaban J connectivity index is 3.08. The van der Waals surface area contributed by atoms with E-state index in [1.807, 2.05) is 0 Å². The average Bonchev–Trinajstić information content (AvgIpc) is 3.42. The molecule has 0 N–H and O–H groups in total. The van der Waals surface area contributed by atoms with Crippen LogP contribution in [0.2, 0.25) is 0 Å². The number of rotatable bonds is 11. The molecule has 0 aromatic heterocycles. The highest BCUT2D eigenvalue weighted by Gasteiger charge is 2.90. The Labute approximate surface area is 182 Å². The van der Waals surface area contributed by atoms with E-state index < -0.39 is 72.1 Å². The predicted molar refractivity (Wildman–Crippen MR) is 83.7 cm³/mol. The molecule has 0 amide bonds. The summed E-state index contributed by atoms with van der Waals surface area (Å²) in [5.41, 5.74) is -2.12. The summed E-state index contributed by atoms with van der Waals surface area (Å²) in [5.74, 6) is -41.5. The number of ether oxygens (including phenoxy) is 2. The van der Waals surface area contributed by atoms with Crippen molar-refractivity contribution < 1.29 is 76.1 Å². The van der Waals surface area contributed by atoms with Crippen LogP contribution >= 0.6 is 0 Å². The second-order valence-corrected chi connectivity index (χ2v) is 7.12. The maximum absolute atomic E-state index is 13.7. The van der Waals surface area contributed by atoms with Crippen LogP contribution in [0.15, 0.2) is 12.7 Å². The summed E-state index contributed by atoms with van der Waals surface area (Å²) in [4.78, 5) is 23.9. The Morgan fingerprint density at radius 3 is 1.65 bits per heavy atom. The minimum absolute atomic E-state index is 0.270. The first kappa shape index (κ1) is 29.8. The van der Waals surface area contributed by atoms with Gasteiger partial charge in [0.15, 0.2) is 5.41 Å². The van der Waals surface area contributed by atoms with Gasteiger partial charge in [0.05, 0.1) is 19.6 Å². The van der Waals surface area contributed by atoms with Crippen LogP contribution in [0.3, 0.4) is 0 Å². The molecular formula is C17H15F13O4. The molecule has 2 atom stereocenters. The summed E-state index contributed by atoms with van der Waals surface area (Å²) >= 11 is 0. The highest BCUT2D eigenvalue weighted by Crippen LogP contribution is 2.61. The third kappa shape index (κ3) is 4.29. The normalized spacial score (nSPS) is 22.2. The first-order valence-electron chi connectivity index (χ1n) is 8.95. The third-order valence-electron chi connectivity index (χ3n) is 4.95. The van der Waals surface area contributed by atoms with Gasteiger partial charge in [0, 0.05) is 5.92 Å². The fourth-order valence-electron chi connectivity index (χ4n) is 2.74. The first-order chi connectivity index (χ1) is 15.0. The average molecular weight is 530 g/mol. The van der Waals surface area contributed by atoms with Crippen molar-refractivity contribution in [3.8, 4) is 0 Å². The van der Waals surface area contributed by atoms with Crippen molar-refractivity contribution in [1.29, 1.82) is 0 Å². The second-order valence-electron chi connectivity index (χ2n) is 7.12. The molecule has 2 unspecified atom stereocenters. The topological polar surface area (TPSA) is 52.6 Å². The summed E-state index contributed by atoms with van der Waals surface area (Å²) in [5, 5.41) is 0. The summed E-state index contributed by atoms with van der Waals surface area (Å²) in [6.07, 6.45) is -9.50. The minimum Gasteiger partial charge on any atom is -0.465 e. The van der Waals surface area contributed by atoms with Crippen LogP contribution in [0.25, 0.3) is 0 Å². The lowest BCUT2D eigenvalue weighted by Crippen LogP contribution is -2.70. The largest absolute Gasteiger partial charge is 0.465 e. The van der Waals surface area contributed by atoms with Crippen LogP contribution in [0.5, 0.6) is 0 Å². The SMILES string of the molecule is C=CC1CC1(C(=O)OCC)C(=O)OCCC(F)(F)C(F)(F)C(F)(F)C(F)(F)C(F)(F)C(F)(F)F. The van der Waals surface area contributed by atoms with Crippen molar-refractivity contribution in [2.75, 3.05) is 13.2 Å². The molecule has 0 aromatic carbocycles. The van der Waals surface area contributed by atoms with Gasteiger partial charge in [-0.15, -0.1) is 6.58 Å². The van der Waals surface area contributed by atoms with E-state index in [1.54, 1.807) is 0 Å². The van der Waals surface area contributed by atoms with Crippen LogP contribution in [-0.4, -0.2) is 60.9 Å². The molecule has 0 aliphatic heterocycles. The van der Waals surface area contributed by atoms with Gasteiger partial charge < -0.3 is 9.47 Å². The summed E-state index contributed by atoms with van der Waals surface area (Å²) in [6, 6.07) is 0. The van der Waals surface area contributed by atoms with Crippen LogP contribution in [0.4, 0.5) is 57.1 Å². The van der Waals surface area contributed by atoms with Gasteiger partial charge in [0.1, 0.15) is 0 Å². The van der Waals surface area contributed by atoms with Crippen LogP contribution in [0, 0.1) is 11.3 Å². The number of esters is 2. The van der Waals surface area contributed by atoms with Crippen LogP contribution < -0.4 is 0 Å². The smallest absolute Gasteiger partial charge is 0.460 e. The van der Waals surface area contributed by atoms with Crippen molar-refractivity contribution in [2.45, 2.75) is 55.6 Å². The van der Waals surface area contributed by atoms with Gasteiger partial charge in [-0.3, -0.25) is 9.59 Å². The number of carbonyl (C=O) groups is 2. The molecule has 0 aromatic rings. The van der Waals surface area contributed by atoms with Gasteiger partial charge in [-0.1, -0.05) is 6.08 Å². The monoisotopic (exact) mass is 530 g/mol. The molecule has 1 saturated carbocycles. The van der Waals surface area contributed by atoms with Gasteiger partial charge in [0.25, 0.3) is 0 Å². The van der Waals surface area contributed by atoms with Gasteiger partial charge in [-0.2, -0.15) is 57.1 Å². The van der Waals surface area contributed by atoms with E-state index in [4.69, 9.17) is 0 Å². The number of alkyl halides is 13. The Morgan fingerprint density at radius 2 is 1.26 bits per heavy atom. The van der Waals surface area contributed by atoms with Gasteiger partial charge in [-0.05, 0) is 13.3 Å². The maximum Gasteiger partial charge on any atom is 0.460 e. The number of hydrogen-bond acceptors (Lipinski definition) is 4.